The Bertz CT molecular complexity index is 370. The molecule has 0 saturated carbocycles. The Morgan fingerprint density at radius 2 is 2.15 bits per heavy atom. The maximum absolute atomic E-state index is 5.10. The zero-order valence-electron chi connectivity index (χ0n) is 13.0. The second kappa shape index (κ2) is 10.4. The Kier molecular flexibility index (Phi) is 9.16. The van der Waals surface area contributed by atoms with Gasteiger partial charge in [0.05, 0.1) is 6.61 Å². The third kappa shape index (κ3) is 6.87. The molecule has 0 saturated heterocycles. The molecule has 0 aromatic heterocycles. The van der Waals surface area contributed by atoms with Gasteiger partial charge >= 0.3 is 0 Å². The highest BCUT2D eigenvalue weighted by molar-refractivity contribution is 9.10. The predicted molar refractivity (Wildman–Crippen MR) is 90.3 cm³/mol. The van der Waals surface area contributed by atoms with E-state index in [0.717, 1.165) is 25.6 Å². The third-order valence-electron chi connectivity index (χ3n) is 3.66. The molecule has 2 nitrogen and oxygen atoms in total. The summed E-state index contributed by atoms with van der Waals surface area (Å²) in [5.41, 5.74) is 1.42. The summed E-state index contributed by atoms with van der Waals surface area (Å²) in [6, 6.07) is 8.72. The van der Waals surface area contributed by atoms with Crippen molar-refractivity contribution in [3.63, 3.8) is 0 Å². The van der Waals surface area contributed by atoms with Crippen LogP contribution < -0.4 is 5.32 Å². The first kappa shape index (κ1) is 17.7. The van der Waals surface area contributed by atoms with Gasteiger partial charge in [-0.15, -0.1) is 0 Å². The fraction of sp³-hybridized carbons (Fsp3) is 0.647. The van der Waals surface area contributed by atoms with Crippen LogP contribution >= 0.6 is 15.9 Å². The fourth-order valence-corrected chi connectivity index (χ4v) is 3.06. The van der Waals surface area contributed by atoms with Gasteiger partial charge in [0.25, 0.3) is 0 Å². The van der Waals surface area contributed by atoms with E-state index in [-0.39, 0.29) is 0 Å². The number of nitrogens with one attached hydrogen (secondary N) is 1. The van der Waals surface area contributed by atoms with Crippen molar-refractivity contribution in [1.29, 1.82) is 0 Å². The van der Waals surface area contributed by atoms with E-state index in [9.17, 15) is 0 Å². The van der Waals surface area contributed by atoms with Gasteiger partial charge in [0.2, 0.25) is 0 Å². The zero-order chi connectivity index (χ0) is 14.8. The minimum atomic E-state index is 0.575. The number of halogens is 1. The van der Waals surface area contributed by atoms with E-state index in [1.54, 1.807) is 7.11 Å². The Labute approximate surface area is 132 Å². The maximum atomic E-state index is 5.10. The van der Waals surface area contributed by atoms with Gasteiger partial charge in [-0.3, -0.25) is 0 Å². The van der Waals surface area contributed by atoms with Crippen LogP contribution in [0.1, 0.15) is 44.6 Å². The minimum absolute atomic E-state index is 0.575. The largest absolute Gasteiger partial charge is 0.383 e. The highest BCUT2D eigenvalue weighted by atomic mass is 79.9. The quantitative estimate of drug-likeness (QED) is 0.628. The lowest BCUT2D eigenvalue weighted by atomic mass is 9.87. The summed E-state index contributed by atoms with van der Waals surface area (Å²) >= 11 is 3.58. The molecule has 0 amide bonds. The summed E-state index contributed by atoms with van der Waals surface area (Å²) < 4.78 is 6.26. The van der Waals surface area contributed by atoms with Crippen molar-refractivity contribution in [3.8, 4) is 0 Å². The summed E-state index contributed by atoms with van der Waals surface area (Å²) in [5.74, 6) is 1.35. The van der Waals surface area contributed by atoms with Crippen LogP contribution in [0.15, 0.2) is 28.7 Å². The molecule has 0 fully saturated rings. The van der Waals surface area contributed by atoms with Gasteiger partial charge < -0.3 is 10.1 Å². The van der Waals surface area contributed by atoms with Crippen LogP contribution in [0, 0.1) is 5.92 Å². The van der Waals surface area contributed by atoms with Crippen LogP contribution in [0.5, 0.6) is 0 Å². The molecule has 114 valence electrons. The lowest BCUT2D eigenvalue weighted by molar-refractivity contribution is 0.198. The van der Waals surface area contributed by atoms with E-state index in [1.165, 1.54) is 29.3 Å². The first-order valence-electron chi connectivity index (χ1n) is 7.62. The molecule has 1 rings (SSSR count). The summed E-state index contributed by atoms with van der Waals surface area (Å²) in [6.07, 6.45) is 3.82. The van der Waals surface area contributed by atoms with Crippen molar-refractivity contribution >= 4 is 15.9 Å². The number of benzene rings is 1. The van der Waals surface area contributed by atoms with Crippen LogP contribution in [-0.2, 0) is 4.74 Å². The van der Waals surface area contributed by atoms with Crippen molar-refractivity contribution in [1.82, 2.24) is 5.32 Å². The average molecular weight is 342 g/mol. The number of methoxy groups -OCH3 is 1. The average Bonchev–Trinajstić information content (AvgIpc) is 2.42. The first-order valence-corrected chi connectivity index (χ1v) is 8.41. The number of hydrogen-bond donors (Lipinski definition) is 1. The third-order valence-corrected chi connectivity index (χ3v) is 4.16. The summed E-state index contributed by atoms with van der Waals surface area (Å²) in [7, 11) is 1.75. The van der Waals surface area contributed by atoms with Gasteiger partial charge in [0.1, 0.15) is 0 Å². The molecular formula is C17H28BrNO. The molecule has 0 aliphatic heterocycles. The molecule has 0 aliphatic rings. The summed E-state index contributed by atoms with van der Waals surface area (Å²) in [6.45, 7) is 7.35. The van der Waals surface area contributed by atoms with Crippen molar-refractivity contribution in [3.05, 3.63) is 34.3 Å². The van der Waals surface area contributed by atoms with Gasteiger partial charge in [0.15, 0.2) is 0 Å². The van der Waals surface area contributed by atoms with Crippen molar-refractivity contribution in [2.24, 2.45) is 5.92 Å². The van der Waals surface area contributed by atoms with E-state index in [2.05, 4.69) is 59.4 Å². The highest BCUT2D eigenvalue weighted by Crippen LogP contribution is 2.27. The van der Waals surface area contributed by atoms with Gasteiger partial charge in [-0.05, 0) is 36.0 Å². The van der Waals surface area contributed by atoms with Crippen LogP contribution in [0.25, 0.3) is 0 Å². The molecule has 1 aromatic rings. The van der Waals surface area contributed by atoms with Crippen molar-refractivity contribution in [2.75, 3.05) is 26.8 Å². The second-order valence-electron chi connectivity index (χ2n) is 5.58. The molecule has 3 heteroatoms. The monoisotopic (exact) mass is 341 g/mol. The van der Waals surface area contributed by atoms with E-state index < -0.39 is 0 Å². The molecule has 0 heterocycles. The molecule has 20 heavy (non-hydrogen) atoms. The Morgan fingerprint density at radius 1 is 1.35 bits per heavy atom. The van der Waals surface area contributed by atoms with Crippen LogP contribution in [0.3, 0.4) is 0 Å². The molecule has 1 aromatic carbocycles. The molecule has 0 bridgehead atoms. The Morgan fingerprint density at radius 3 is 2.80 bits per heavy atom. The molecular weight excluding hydrogens is 314 g/mol. The van der Waals surface area contributed by atoms with Gasteiger partial charge in [0, 0.05) is 24.7 Å². The predicted octanol–water partition coefficient (Wildman–Crippen LogP) is 4.60. The topological polar surface area (TPSA) is 21.3 Å². The molecule has 2 atom stereocenters. The molecule has 0 spiro atoms. The first-order chi connectivity index (χ1) is 9.67. The standard InChI is InChI=1S/C17H28BrNO/c1-4-6-14(2)11-16(13-19-9-10-20-3)15-7-5-8-17(18)12-15/h5,7-8,12,14,16,19H,4,6,9-11,13H2,1-3H3. The smallest absolute Gasteiger partial charge is 0.0587 e. The minimum Gasteiger partial charge on any atom is -0.383 e. The lowest BCUT2D eigenvalue weighted by Gasteiger charge is -2.22. The summed E-state index contributed by atoms with van der Waals surface area (Å²) in [4.78, 5) is 0. The fourth-order valence-electron chi connectivity index (χ4n) is 2.64. The van der Waals surface area contributed by atoms with E-state index in [4.69, 9.17) is 4.74 Å². The van der Waals surface area contributed by atoms with Gasteiger partial charge in [-0.1, -0.05) is 54.8 Å². The van der Waals surface area contributed by atoms with Gasteiger partial charge in [-0.25, -0.2) is 0 Å². The molecule has 0 aliphatic carbocycles. The maximum Gasteiger partial charge on any atom is 0.0587 e. The number of rotatable bonds is 10. The zero-order valence-corrected chi connectivity index (χ0v) is 14.6. The Hall–Kier alpha value is -0.380. The van der Waals surface area contributed by atoms with Crippen molar-refractivity contribution < 1.29 is 4.74 Å². The normalized spacial score (nSPS) is 14.2. The van der Waals surface area contributed by atoms with E-state index in [0.29, 0.717) is 5.92 Å². The highest BCUT2D eigenvalue weighted by Gasteiger charge is 2.15. The molecule has 1 N–H and O–H groups in total. The van der Waals surface area contributed by atoms with Crippen molar-refractivity contribution in [2.45, 2.75) is 39.0 Å². The molecule has 0 radical (unpaired) electrons. The summed E-state index contributed by atoms with van der Waals surface area (Å²) in [5, 5.41) is 3.51. The lowest BCUT2D eigenvalue weighted by Crippen LogP contribution is -2.26. The van der Waals surface area contributed by atoms with Gasteiger partial charge in [-0.2, -0.15) is 0 Å². The molecule has 2 unspecified atom stereocenters. The van der Waals surface area contributed by atoms with E-state index in [1.807, 2.05) is 0 Å². The van der Waals surface area contributed by atoms with Crippen LogP contribution in [-0.4, -0.2) is 26.8 Å². The van der Waals surface area contributed by atoms with Crippen LogP contribution in [0.4, 0.5) is 0 Å². The SMILES string of the molecule is CCCC(C)CC(CNCCOC)c1cccc(Br)c1. The van der Waals surface area contributed by atoms with E-state index >= 15 is 0 Å². The van der Waals surface area contributed by atoms with Crippen LogP contribution in [0.2, 0.25) is 0 Å². The Balaban J connectivity index is 2.62. The number of ether oxygens (including phenoxy) is 1. The number of hydrogen-bond acceptors (Lipinski definition) is 2. The second-order valence-corrected chi connectivity index (χ2v) is 6.49.